The van der Waals surface area contributed by atoms with Gasteiger partial charge in [0.1, 0.15) is 11.6 Å². The standard InChI is InChI=1S/2C24H20F.C2H6Si.2ClH.Hf/c2*1-2-17-14-19-10-6-7-11-21(23(19)15-17)20-12-13-22(24(25)16-20)18-8-4-3-5-9-18;1-3-2;;;/h2*3-16,21H,2H2,1H3;1-2H3;2*1H;/q2*-1;;;;+2/p-2. The van der Waals surface area contributed by atoms with Gasteiger partial charge in [0.15, 0.2) is 0 Å². The molecule has 2 atom stereocenters. The van der Waals surface area contributed by atoms with E-state index in [1.54, 1.807) is 12.1 Å². The fourth-order valence-electron chi connectivity index (χ4n) is 7.06. The van der Waals surface area contributed by atoms with Crippen LogP contribution in [0, 0.1) is 11.6 Å². The number of fused-ring (bicyclic) bond motifs is 2. The third-order valence-electron chi connectivity index (χ3n) is 9.77. The van der Waals surface area contributed by atoms with Gasteiger partial charge in [0.05, 0.1) is 0 Å². The van der Waals surface area contributed by atoms with Gasteiger partial charge in [-0.1, -0.05) is 123 Å². The summed E-state index contributed by atoms with van der Waals surface area (Å²) in [6.45, 7) is 8.99. The van der Waals surface area contributed by atoms with Crippen LogP contribution < -0.4 is 24.8 Å². The van der Waals surface area contributed by atoms with Crippen LogP contribution in [0.1, 0.15) is 70.2 Å². The van der Waals surface area contributed by atoms with E-state index in [1.807, 2.05) is 84.9 Å². The van der Waals surface area contributed by atoms with Gasteiger partial charge < -0.3 is 24.8 Å². The second-order valence-corrected chi connectivity index (χ2v) is 26.7. The van der Waals surface area contributed by atoms with Gasteiger partial charge in [0.25, 0.3) is 0 Å². The molecular weight excluding hydrogens is 916 g/mol. The Morgan fingerprint density at radius 2 is 0.929 bits per heavy atom. The van der Waals surface area contributed by atoms with Crippen molar-refractivity contribution in [1.82, 2.24) is 0 Å². The van der Waals surface area contributed by atoms with Gasteiger partial charge in [0, 0.05) is 11.1 Å². The fourth-order valence-corrected chi connectivity index (χ4v) is 7.06. The molecule has 56 heavy (non-hydrogen) atoms. The van der Waals surface area contributed by atoms with Crippen molar-refractivity contribution in [2.24, 2.45) is 0 Å². The molecule has 0 saturated carbocycles. The topological polar surface area (TPSA) is 0 Å². The van der Waals surface area contributed by atoms with Crippen molar-refractivity contribution >= 4 is 17.6 Å². The first-order chi connectivity index (χ1) is 26.2. The van der Waals surface area contributed by atoms with Gasteiger partial charge in [-0.2, -0.15) is 34.4 Å². The first-order valence-electron chi connectivity index (χ1n) is 18.8. The zero-order chi connectivity index (χ0) is 38.0. The predicted octanol–water partition coefficient (Wildman–Crippen LogP) is 7.77. The number of halogens is 4. The van der Waals surface area contributed by atoms with Crippen molar-refractivity contribution in [3.8, 4) is 22.3 Å². The minimum absolute atomic E-state index is 0. The van der Waals surface area contributed by atoms with Crippen molar-refractivity contribution in [3.05, 3.63) is 214 Å². The molecule has 0 saturated heterocycles. The maximum atomic E-state index is 14.8. The fraction of sp³-hybridized carbons (Fsp3) is 0.160. The number of allylic oxidation sites excluding steroid dienone is 6. The Hall–Kier alpha value is -3.93. The first kappa shape index (κ1) is 44.8. The molecule has 0 spiro atoms. The van der Waals surface area contributed by atoms with Gasteiger partial charge in [-0.15, -0.1) is 47.6 Å². The summed E-state index contributed by atoms with van der Waals surface area (Å²) in [6, 6.07) is 39.6. The zero-order valence-electron chi connectivity index (χ0n) is 32.2. The van der Waals surface area contributed by atoms with Crippen molar-refractivity contribution in [1.29, 1.82) is 0 Å². The molecule has 0 nitrogen and oxygen atoms in total. The molecule has 2 unspecified atom stereocenters. The molecule has 0 amide bonds. The molecule has 0 fully saturated rings. The number of rotatable bonds is 6. The van der Waals surface area contributed by atoms with E-state index in [-0.39, 0.29) is 53.8 Å². The van der Waals surface area contributed by atoms with Gasteiger partial charge in [-0.25, -0.2) is 8.78 Å². The molecule has 284 valence electrons. The van der Waals surface area contributed by atoms with E-state index in [2.05, 4.69) is 99.8 Å². The summed E-state index contributed by atoms with van der Waals surface area (Å²) < 4.78 is 29.6. The molecule has 0 bridgehead atoms. The van der Waals surface area contributed by atoms with E-state index >= 15 is 0 Å². The summed E-state index contributed by atoms with van der Waals surface area (Å²) in [7, 11) is 0. The Labute approximate surface area is 359 Å². The van der Waals surface area contributed by atoms with Gasteiger partial charge in [0.2, 0.25) is 0 Å². The van der Waals surface area contributed by atoms with Crippen LogP contribution in [0.15, 0.2) is 158 Å². The van der Waals surface area contributed by atoms with Crippen LogP contribution in [0.5, 0.6) is 0 Å². The van der Waals surface area contributed by atoms with Crippen molar-refractivity contribution in [2.75, 3.05) is 0 Å². The van der Waals surface area contributed by atoms with E-state index in [0.29, 0.717) is 11.1 Å². The summed E-state index contributed by atoms with van der Waals surface area (Å²) in [5, 5.41) is 0. The van der Waals surface area contributed by atoms with E-state index in [0.717, 1.165) is 35.1 Å². The predicted molar refractivity (Wildman–Crippen MR) is 224 cm³/mol. The molecule has 0 heterocycles. The Morgan fingerprint density at radius 1 is 0.554 bits per heavy atom. The maximum absolute atomic E-state index is 14.8. The van der Waals surface area contributed by atoms with Crippen LogP contribution in [-0.4, -0.2) is 5.49 Å². The first-order valence-corrected chi connectivity index (χ1v) is 26.6. The molecule has 0 aliphatic heterocycles. The minimum atomic E-state index is -0.168. The molecule has 6 aromatic rings. The largest absolute Gasteiger partial charge is 1.00 e. The quantitative estimate of drug-likeness (QED) is 0.118. The summed E-state index contributed by atoms with van der Waals surface area (Å²) in [6.07, 6.45) is 18.8. The van der Waals surface area contributed by atoms with E-state index in [9.17, 15) is 8.78 Å². The van der Waals surface area contributed by atoms with Crippen LogP contribution in [0.2, 0.25) is 13.1 Å². The molecule has 0 aromatic heterocycles. The smallest absolute Gasteiger partial charge is 1.00 e. The molecule has 6 aromatic carbocycles. The average molecular weight is 962 g/mol. The third-order valence-corrected chi connectivity index (χ3v) is 9.77. The van der Waals surface area contributed by atoms with Crippen molar-refractivity contribution in [3.63, 3.8) is 0 Å². The zero-order valence-corrected chi connectivity index (χ0v) is 38.4. The molecule has 8 rings (SSSR count). The normalized spacial score (nSPS) is 14.6. The number of hydrogen-bond donors (Lipinski definition) is 0. The Bertz CT molecular complexity index is 2170. The number of hydrogen-bond acceptors (Lipinski definition) is 0. The van der Waals surface area contributed by atoms with Crippen LogP contribution in [0.25, 0.3) is 34.4 Å². The molecule has 2 aliphatic rings. The van der Waals surface area contributed by atoms with Crippen LogP contribution in [-0.2, 0) is 35.8 Å². The Kier molecular flexibility index (Phi) is 17.2. The van der Waals surface area contributed by atoms with Gasteiger partial charge in [-0.05, 0) is 59.1 Å². The Balaban J connectivity index is 0.000000220. The average Bonchev–Trinajstić information content (AvgIpc) is 3.66. The van der Waals surface area contributed by atoms with Crippen molar-refractivity contribution in [2.45, 2.75) is 51.6 Å². The van der Waals surface area contributed by atoms with Crippen LogP contribution >= 0.6 is 0 Å². The summed E-state index contributed by atoms with van der Waals surface area (Å²) in [4.78, 5) is 0. The molecular formula is C50H46Cl2F2HfSi-2. The molecule has 2 aliphatic carbocycles. The van der Waals surface area contributed by atoms with Gasteiger partial charge in [-0.3, -0.25) is 0 Å². The van der Waals surface area contributed by atoms with Gasteiger partial charge >= 0.3 is 41.6 Å². The van der Waals surface area contributed by atoms with Crippen LogP contribution in [0.4, 0.5) is 8.78 Å². The third kappa shape index (κ3) is 11.1. The maximum Gasteiger partial charge on any atom is -1.00 e. The van der Waals surface area contributed by atoms with Crippen LogP contribution in [0.3, 0.4) is 0 Å². The van der Waals surface area contributed by atoms with E-state index < -0.39 is 0 Å². The van der Waals surface area contributed by atoms with E-state index in [4.69, 9.17) is 0 Å². The summed E-state index contributed by atoms with van der Waals surface area (Å²) in [5.74, 6) is -0.162. The SMILES string of the molecule is CCc1cc2c([cH-]1)C=CC=CC2c1ccc(-c2ccccc2)c(F)c1.CCc1cc2c([cH-]1)C=CC=CC2c1ccc(-c2ccccc2)c(F)c1.C[Si](C)=[Hf+2].[Cl-].[Cl-]. The number of aryl methyl sites for hydroxylation is 2. The number of benzene rings is 4. The molecule has 0 radical (unpaired) electrons. The second-order valence-electron chi connectivity index (χ2n) is 13.9. The monoisotopic (exact) mass is 962 g/mol. The minimum Gasteiger partial charge on any atom is -1.00 e. The second kappa shape index (κ2) is 21.6. The van der Waals surface area contributed by atoms with E-state index in [1.165, 1.54) is 56.4 Å². The molecule has 6 heteroatoms. The summed E-state index contributed by atoms with van der Waals surface area (Å²) in [5.41, 5.74) is 13.0. The summed E-state index contributed by atoms with van der Waals surface area (Å²) >= 11 is 1.45. The Morgan fingerprint density at radius 3 is 1.27 bits per heavy atom. The molecule has 0 N–H and O–H groups in total. The van der Waals surface area contributed by atoms with Crippen molar-refractivity contribution < 1.29 is 56.6 Å².